The lowest BCUT2D eigenvalue weighted by Crippen LogP contribution is -2.40. The Hall–Kier alpha value is -3.19. The van der Waals surface area contributed by atoms with E-state index in [1.807, 2.05) is 28.6 Å². The van der Waals surface area contributed by atoms with Gasteiger partial charge in [0.25, 0.3) is 0 Å². The topological polar surface area (TPSA) is 65.8 Å². The van der Waals surface area contributed by atoms with Gasteiger partial charge in [0, 0.05) is 31.1 Å². The Morgan fingerprint density at radius 3 is 2.55 bits per heavy atom. The number of carboxylic acids is 1. The highest BCUT2D eigenvalue weighted by molar-refractivity contribution is 5.99. The zero-order valence-electron chi connectivity index (χ0n) is 22.5. The van der Waals surface area contributed by atoms with Gasteiger partial charge in [0.15, 0.2) is 0 Å². The fourth-order valence-corrected chi connectivity index (χ4v) is 6.59. The number of rotatable bonds is 7. The molecule has 1 atom stereocenters. The lowest BCUT2D eigenvalue weighted by Gasteiger charge is -2.32. The van der Waals surface area contributed by atoms with E-state index in [9.17, 15) is 19.1 Å². The Morgan fingerprint density at radius 1 is 1.05 bits per heavy atom. The maximum atomic E-state index is 14.5. The van der Waals surface area contributed by atoms with Crippen LogP contribution in [0.1, 0.15) is 66.8 Å². The normalized spacial score (nSPS) is 19.1. The number of halogens is 1. The van der Waals surface area contributed by atoms with E-state index in [1.165, 1.54) is 18.6 Å². The molecule has 2 heterocycles. The van der Waals surface area contributed by atoms with Gasteiger partial charge in [-0.25, -0.2) is 9.18 Å². The maximum Gasteiger partial charge on any atom is 0.335 e. The second kappa shape index (κ2) is 11.3. The summed E-state index contributed by atoms with van der Waals surface area (Å²) in [6.07, 6.45) is 7.77. The summed E-state index contributed by atoms with van der Waals surface area (Å²) in [5.74, 6) is -0.639. The first-order valence-electron chi connectivity index (χ1n) is 13.9. The molecule has 1 aliphatic carbocycles. The molecule has 1 N–H and O–H groups in total. The van der Waals surface area contributed by atoms with Gasteiger partial charge in [-0.2, -0.15) is 0 Å². The first-order valence-corrected chi connectivity index (χ1v) is 13.9. The van der Waals surface area contributed by atoms with Crippen LogP contribution in [-0.2, 0) is 11.3 Å². The summed E-state index contributed by atoms with van der Waals surface area (Å²) in [6.45, 7) is 2.84. The van der Waals surface area contributed by atoms with Gasteiger partial charge < -0.3 is 19.5 Å². The molecule has 1 amide bonds. The SMILES string of the molecule is CN1CCCC(CN(C)C(=O)Cn2c(-c3cccc(F)c3)c(C3CCCCC3)c3ccc(C(=O)O)cc32)C1. The van der Waals surface area contributed by atoms with Gasteiger partial charge in [-0.05, 0) is 80.9 Å². The van der Waals surface area contributed by atoms with Crippen LogP contribution in [0.3, 0.4) is 0 Å². The average Bonchev–Trinajstić information content (AvgIpc) is 3.22. The third-order valence-corrected chi connectivity index (χ3v) is 8.44. The fraction of sp³-hybridized carbons (Fsp3) is 0.484. The number of aromatic nitrogens is 1. The number of likely N-dealkylation sites (tertiary alicyclic amines) is 1. The van der Waals surface area contributed by atoms with Crippen LogP contribution >= 0.6 is 0 Å². The van der Waals surface area contributed by atoms with Crippen molar-refractivity contribution in [2.24, 2.45) is 5.92 Å². The van der Waals surface area contributed by atoms with Crippen molar-refractivity contribution in [2.45, 2.75) is 57.4 Å². The van der Waals surface area contributed by atoms with Crippen LogP contribution in [0.2, 0.25) is 0 Å². The monoisotopic (exact) mass is 519 g/mol. The summed E-state index contributed by atoms with van der Waals surface area (Å²) in [4.78, 5) is 29.7. The molecule has 0 radical (unpaired) electrons. The van der Waals surface area contributed by atoms with Crippen molar-refractivity contribution in [1.29, 1.82) is 0 Å². The first kappa shape index (κ1) is 26.4. The van der Waals surface area contributed by atoms with Crippen molar-refractivity contribution < 1.29 is 19.1 Å². The number of aromatic carboxylic acids is 1. The Balaban J connectivity index is 1.61. The Kier molecular flexibility index (Phi) is 7.84. The number of hydrogen-bond acceptors (Lipinski definition) is 3. The number of likely N-dealkylation sites (N-methyl/N-ethyl adjacent to an activating group) is 1. The van der Waals surface area contributed by atoms with Crippen molar-refractivity contribution in [2.75, 3.05) is 33.7 Å². The molecule has 1 unspecified atom stereocenters. The number of benzene rings is 2. The first-order chi connectivity index (χ1) is 18.3. The van der Waals surface area contributed by atoms with E-state index in [2.05, 4.69) is 11.9 Å². The molecule has 1 aromatic heterocycles. The predicted octanol–water partition coefficient (Wildman–Crippen LogP) is 5.99. The average molecular weight is 520 g/mol. The summed E-state index contributed by atoms with van der Waals surface area (Å²) in [5, 5.41) is 10.7. The molecule has 1 aliphatic heterocycles. The number of piperidine rings is 1. The van der Waals surface area contributed by atoms with Crippen LogP contribution in [0.5, 0.6) is 0 Å². The largest absolute Gasteiger partial charge is 0.478 e. The van der Waals surface area contributed by atoms with E-state index in [4.69, 9.17) is 0 Å². The number of carbonyl (C=O) groups is 2. The van der Waals surface area contributed by atoms with Gasteiger partial charge in [-0.15, -0.1) is 0 Å². The van der Waals surface area contributed by atoms with E-state index in [0.29, 0.717) is 12.5 Å². The van der Waals surface area contributed by atoms with E-state index in [0.717, 1.165) is 79.3 Å². The van der Waals surface area contributed by atoms with Crippen LogP contribution < -0.4 is 0 Å². The third-order valence-electron chi connectivity index (χ3n) is 8.44. The summed E-state index contributed by atoms with van der Waals surface area (Å²) >= 11 is 0. The molecule has 6 nitrogen and oxygen atoms in total. The Labute approximate surface area is 224 Å². The minimum Gasteiger partial charge on any atom is -0.478 e. The van der Waals surface area contributed by atoms with Crippen LogP contribution in [0.25, 0.3) is 22.2 Å². The molecule has 1 saturated carbocycles. The molecule has 38 heavy (non-hydrogen) atoms. The quantitative estimate of drug-likeness (QED) is 0.416. The minimum absolute atomic E-state index is 0.0244. The van der Waals surface area contributed by atoms with Gasteiger partial charge in [-0.3, -0.25) is 4.79 Å². The van der Waals surface area contributed by atoms with E-state index in [-0.39, 0.29) is 29.8 Å². The lowest BCUT2D eigenvalue weighted by atomic mass is 9.81. The second-order valence-corrected chi connectivity index (χ2v) is 11.3. The van der Waals surface area contributed by atoms with E-state index in [1.54, 1.807) is 18.2 Å². The molecule has 3 aromatic rings. The lowest BCUT2D eigenvalue weighted by molar-refractivity contribution is -0.131. The van der Waals surface area contributed by atoms with Crippen LogP contribution in [0.4, 0.5) is 4.39 Å². The number of fused-ring (bicyclic) bond motifs is 1. The predicted molar refractivity (Wildman–Crippen MR) is 148 cm³/mol. The molecule has 2 fully saturated rings. The van der Waals surface area contributed by atoms with Gasteiger partial charge in [0.05, 0.1) is 16.8 Å². The summed E-state index contributed by atoms with van der Waals surface area (Å²) in [7, 11) is 3.98. The van der Waals surface area contributed by atoms with Gasteiger partial charge in [0.1, 0.15) is 12.4 Å². The van der Waals surface area contributed by atoms with Crippen molar-refractivity contribution in [3.05, 3.63) is 59.4 Å². The molecule has 2 aromatic carbocycles. The minimum atomic E-state index is -1.00. The zero-order chi connectivity index (χ0) is 26.8. The van der Waals surface area contributed by atoms with Crippen LogP contribution in [-0.4, -0.2) is 65.1 Å². The molecule has 0 spiro atoms. The summed E-state index contributed by atoms with van der Waals surface area (Å²) < 4.78 is 16.5. The molecule has 1 saturated heterocycles. The molecular formula is C31H38FN3O3. The van der Waals surface area contributed by atoms with Gasteiger partial charge in [0.2, 0.25) is 5.91 Å². The van der Waals surface area contributed by atoms with Gasteiger partial charge in [-0.1, -0.05) is 37.5 Å². The number of nitrogens with zero attached hydrogens (tertiary/aromatic N) is 3. The molecule has 0 bridgehead atoms. The van der Waals surface area contributed by atoms with Crippen molar-refractivity contribution in [3.63, 3.8) is 0 Å². The van der Waals surface area contributed by atoms with Crippen molar-refractivity contribution >= 4 is 22.8 Å². The van der Waals surface area contributed by atoms with Crippen LogP contribution in [0.15, 0.2) is 42.5 Å². The molecule has 5 rings (SSSR count). The number of carbonyl (C=O) groups excluding carboxylic acids is 1. The number of amides is 1. The molecule has 7 heteroatoms. The number of carboxylic acid groups (broad SMARTS) is 1. The summed E-state index contributed by atoms with van der Waals surface area (Å²) in [5.41, 5.74) is 3.59. The third kappa shape index (κ3) is 5.48. The molecule has 202 valence electrons. The number of hydrogen-bond donors (Lipinski definition) is 1. The van der Waals surface area contributed by atoms with Gasteiger partial charge >= 0.3 is 5.97 Å². The molecule has 2 aliphatic rings. The Morgan fingerprint density at radius 2 is 1.84 bits per heavy atom. The standard InChI is InChI=1S/C31H38FN3O3/c1-33-15-7-8-21(18-33)19-34(2)28(36)20-35-27-17-24(31(37)38)13-14-26(27)29(22-9-4-3-5-10-22)30(35)23-11-6-12-25(32)16-23/h6,11-14,16-17,21-22H,3-5,7-10,15,18-20H2,1-2H3,(H,37,38). The van der Waals surface area contributed by atoms with Crippen molar-refractivity contribution in [1.82, 2.24) is 14.4 Å². The smallest absolute Gasteiger partial charge is 0.335 e. The fourth-order valence-electron chi connectivity index (χ4n) is 6.59. The highest BCUT2D eigenvalue weighted by Crippen LogP contribution is 2.44. The second-order valence-electron chi connectivity index (χ2n) is 11.3. The van der Waals surface area contributed by atoms with Crippen molar-refractivity contribution in [3.8, 4) is 11.3 Å². The van der Waals surface area contributed by atoms with E-state index >= 15 is 0 Å². The zero-order valence-corrected chi connectivity index (χ0v) is 22.5. The highest BCUT2D eigenvalue weighted by Gasteiger charge is 2.29. The maximum absolute atomic E-state index is 14.5. The van der Waals surface area contributed by atoms with E-state index < -0.39 is 5.97 Å². The Bertz CT molecular complexity index is 1330. The van der Waals surface area contributed by atoms with Crippen LogP contribution in [0, 0.1) is 11.7 Å². The highest BCUT2D eigenvalue weighted by atomic mass is 19.1. The summed E-state index contributed by atoms with van der Waals surface area (Å²) in [6, 6.07) is 11.8. The molecular weight excluding hydrogens is 481 g/mol.